The minimum Gasteiger partial charge on any atom is -0.356 e. The molecule has 1 heterocycles. The van der Waals surface area contributed by atoms with Crippen LogP contribution >= 0.6 is 24.0 Å². The molecule has 0 aromatic carbocycles. The summed E-state index contributed by atoms with van der Waals surface area (Å²) in [6, 6.07) is 2.08. The Balaban J connectivity index is 0.00000576. The Bertz CT molecular complexity index is 576. The third-order valence-corrected chi connectivity index (χ3v) is 3.36. The van der Waals surface area contributed by atoms with Crippen molar-refractivity contribution in [2.75, 3.05) is 20.1 Å². The number of hydrogen-bond acceptors (Lipinski definition) is 3. The molecule has 7 nitrogen and oxygen atoms in total. The topological polar surface area (TPSA) is 83.3 Å². The highest BCUT2D eigenvalue weighted by Crippen LogP contribution is 2.05. The van der Waals surface area contributed by atoms with Gasteiger partial charge in [0, 0.05) is 31.4 Å². The Kier molecular flexibility index (Phi) is 10.1. The predicted octanol–water partition coefficient (Wildman–Crippen LogP) is 1.83. The lowest BCUT2D eigenvalue weighted by atomic mass is 10.1. The normalized spacial score (nSPS) is 13.0. The van der Waals surface area contributed by atoms with Gasteiger partial charge in [0.25, 0.3) is 0 Å². The number of halogens is 1. The standard InChI is InChI=1S/C17H32N6O.HI/c1-12(11-23-14(3)8-13(2)22-23)9-19-16(18-7)20-10-15(24)21-17(4,5)6;/h8,12H,9-11H2,1-7H3,(H,21,24)(H2,18,19,20);1H. The van der Waals surface area contributed by atoms with Crippen LogP contribution in [-0.4, -0.2) is 47.3 Å². The van der Waals surface area contributed by atoms with Gasteiger partial charge in [0.1, 0.15) is 0 Å². The van der Waals surface area contributed by atoms with E-state index in [9.17, 15) is 4.79 Å². The SMILES string of the molecule is CN=C(NCC(=O)NC(C)(C)C)NCC(C)Cn1nc(C)cc1C.I. The molecular weight excluding hydrogens is 431 g/mol. The molecule has 0 aliphatic carbocycles. The van der Waals surface area contributed by atoms with Crippen LogP contribution in [0.15, 0.2) is 11.1 Å². The van der Waals surface area contributed by atoms with Crippen molar-refractivity contribution < 1.29 is 4.79 Å². The summed E-state index contributed by atoms with van der Waals surface area (Å²) in [5.41, 5.74) is 1.97. The molecule has 8 heteroatoms. The average molecular weight is 464 g/mol. The summed E-state index contributed by atoms with van der Waals surface area (Å²) < 4.78 is 2.02. The van der Waals surface area contributed by atoms with Gasteiger partial charge in [-0.15, -0.1) is 24.0 Å². The van der Waals surface area contributed by atoms with E-state index in [1.807, 2.05) is 32.4 Å². The Morgan fingerprint density at radius 3 is 2.44 bits per heavy atom. The van der Waals surface area contributed by atoms with E-state index < -0.39 is 0 Å². The molecule has 1 unspecified atom stereocenters. The van der Waals surface area contributed by atoms with E-state index in [-0.39, 0.29) is 42.0 Å². The average Bonchev–Trinajstić information content (AvgIpc) is 2.75. The molecule has 0 saturated carbocycles. The van der Waals surface area contributed by atoms with Gasteiger partial charge in [-0.3, -0.25) is 14.5 Å². The number of aromatic nitrogens is 2. The minimum absolute atomic E-state index is 0. The number of nitrogens with zero attached hydrogens (tertiary/aromatic N) is 3. The first-order chi connectivity index (χ1) is 11.1. The van der Waals surface area contributed by atoms with Gasteiger partial charge in [-0.1, -0.05) is 6.92 Å². The lowest BCUT2D eigenvalue weighted by Crippen LogP contribution is -2.48. The number of rotatable bonds is 6. The molecule has 3 N–H and O–H groups in total. The maximum atomic E-state index is 11.8. The molecule has 25 heavy (non-hydrogen) atoms. The summed E-state index contributed by atoms with van der Waals surface area (Å²) in [5, 5.41) is 13.7. The molecule has 0 saturated heterocycles. The predicted molar refractivity (Wildman–Crippen MR) is 114 cm³/mol. The number of aliphatic imine (C=N–C) groups is 1. The monoisotopic (exact) mass is 464 g/mol. The highest BCUT2D eigenvalue weighted by atomic mass is 127. The first-order valence-electron chi connectivity index (χ1n) is 8.37. The molecule has 1 aromatic heterocycles. The number of nitrogens with one attached hydrogen (secondary N) is 3. The van der Waals surface area contributed by atoms with E-state index in [0.29, 0.717) is 11.9 Å². The Hall–Kier alpha value is -1.32. The van der Waals surface area contributed by atoms with E-state index in [1.54, 1.807) is 7.05 Å². The summed E-state index contributed by atoms with van der Waals surface area (Å²) >= 11 is 0. The third-order valence-electron chi connectivity index (χ3n) is 3.36. The molecule has 1 rings (SSSR count). The zero-order chi connectivity index (χ0) is 18.3. The number of carbonyl (C=O) groups excluding carboxylic acids is 1. The summed E-state index contributed by atoms with van der Waals surface area (Å²) in [6.07, 6.45) is 0. The Labute approximate surface area is 168 Å². The van der Waals surface area contributed by atoms with Crippen molar-refractivity contribution in [1.82, 2.24) is 25.7 Å². The van der Waals surface area contributed by atoms with E-state index in [0.717, 1.165) is 18.8 Å². The van der Waals surface area contributed by atoms with Crippen molar-refractivity contribution in [2.24, 2.45) is 10.9 Å². The van der Waals surface area contributed by atoms with Crippen molar-refractivity contribution in [3.63, 3.8) is 0 Å². The molecule has 0 aliphatic rings. The van der Waals surface area contributed by atoms with Gasteiger partial charge in [-0.05, 0) is 46.6 Å². The Morgan fingerprint density at radius 2 is 1.96 bits per heavy atom. The van der Waals surface area contributed by atoms with Gasteiger partial charge < -0.3 is 16.0 Å². The highest BCUT2D eigenvalue weighted by molar-refractivity contribution is 14.0. The first kappa shape index (κ1) is 23.7. The second-order valence-electron chi connectivity index (χ2n) is 7.32. The van der Waals surface area contributed by atoms with Crippen molar-refractivity contribution >= 4 is 35.8 Å². The highest BCUT2D eigenvalue weighted by Gasteiger charge is 2.14. The smallest absolute Gasteiger partial charge is 0.239 e. The quantitative estimate of drug-likeness (QED) is 0.341. The van der Waals surface area contributed by atoms with E-state index in [4.69, 9.17) is 0 Å². The van der Waals surface area contributed by atoms with Gasteiger partial charge in [-0.2, -0.15) is 5.10 Å². The minimum atomic E-state index is -0.232. The molecule has 1 atom stereocenters. The van der Waals surface area contributed by atoms with Crippen molar-refractivity contribution in [1.29, 1.82) is 0 Å². The van der Waals surface area contributed by atoms with Gasteiger partial charge in [0.05, 0.1) is 12.2 Å². The second kappa shape index (κ2) is 10.6. The van der Waals surface area contributed by atoms with E-state index in [2.05, 4.69) is 46.0 Å². The van der Waals surface area contributed by atoms with Crippen molar-refractivity contribution in [3.8, 4) is 0 Å². The van der Waals surface area contributed by atoms with Crippen LogP contribution in [0, 0.1) is 19.8 Å². The molecule has 0 bridgehead atoms. The molecule has 144 valence electrons. The van der Waals surface area contributed by atoms with E-state index >= 15 is 0 Å². The third kappa shape index (κ3) is 9.66. The fourth-order valence-electron chi connectivity index (χ4n) is 2.34. The van der Waals surface area contributed by atoms with Gasteiger partial charge in [0.15, 0.2) is 5.96 Å². The van der Waals surface area contributed by atoms with E-state index in [1.165, 1.54) is 5.69 Å². The van der Waals surface area contributed by atoms with Crippen LogP contribution in [0.3, 0.4) is 0 Å². The summed E-state index contributed by atoms with van der Waals surface area (Å²) in [7, 11) is 1.70. The van der Waals surface area contributed by atoms with Gasteiger partial charge in [-0.25, -0.2) is 0 Å². The lowest BCUT2D eigenvalue weighted by molar-refractivity contribution is -0.121. The first-order valence-corrected chi connectivity index (χ1v) is 8.37. The van der Waals surface area contributed by atoms with Crippen LogP contribution in [-0.2, 0) is 11.3 Å². The molecule has 1 aromatic rings. The maximum absolute atomic E-state index is 11.8. The number of hydrogen-bond donors (Lipinski definition) is 3. The zero-order valence-electron chi connectivity index (χ0n) is 16.4. The zero-order valence-corrected chi connectivity index (χ0v) is 18.8. The van der Waals surface area contributed by atoms with Gasteiger partial charge in [0.2, 0.25) is 5.91 Å². The van der Waals surface area contributed by atoms with Crippen molar-refractivity contribution in [3.05, 3.63) is 17.5 Å². The number of carbonyl (C=O) groups is 1. The van der Waals surface area contributed by atoms with Crippen LogP contribution < -0.4 is 16.0 Å². The lowest BCUT2D eigenvalue weighted by Gasteiger charge is -2.21. The fourth-order valence-corrected chi connectivity index (χ4v) is 2.34. The maximum Gasteiger partial charge on any atom is 0.239 e. The van der Waals surface area contributed by atoms with Crippen LogP contribution in [0.25, 0.3) is 0 Å². The van der Waals surface area contributed by atoms with Crippen LogP contribution in [0.2, 0.25) is 0 Å². The molecule has 0 radical (unpaired) electrons. The van der Waals surface area contributed by atoms with Crippen molar-refractivity contribution in [2.45, 2.75) is 53.6 Å². The summed E-state index contributed by atoms with van der Waals surface area (Å²) in [5.74, 6) is 0.949. The van der Waals surface area contributed by atoms with Crippen LogP contribution in [0.5, 0.6) is 0 Å². The molecular formula is C17H33IN6O. The van der Waals surface area contributed by atoms with Gasteiger partial charge >= 0.3 is 0 Å². The Morgan fingerprint density at radius 1 is 1.32 bits per heavy atom. The van der Waals surface area contributed by atoms with Crippen LogP contribution in [0.4, 0.5) is 0 Å². The fraction of sp³-hybridized carbons (Fsp3) is 0.706. The summed E-state index contributed by atoms with van der Waals surface area (Å²) in [4.78, 5) is 16.0. The largest absolute Gasteiger partial charge is 0.356 e. The molecule has 0 fully saturated rings. The molecule has 0 aliphatic heterocycles. The summed E-state index contributed by atoms with van der Waals surface area (Å²) in [6.45, 7) is 13.9. The molecule has 1 amide bonds. The number of guanidine groups is 1. The molecule has 0 spiro atoms. The number of aryl methyl sites for hydroxylation is 2. The van der Waals surface area contributed by atoms with Crippen LogP contribution in [0.1, 0.15) is 39.1 Å². The second-order valence-corrected chi connectivity index (χ2v) is 7.32. The number of amides is 1.